The van der Waals surface area contributed by atoms with Crippen molar-refractivity contribution < 1.29 is 9.21 Å². The predicted octanol–water partition coefficient (Wildman–Crippen LogP) is 4.00. The summed E-state index contributed by atoms with van der Waals surface area (Å²) in [4.78, 5) is 31.1. The maximum atomic E-state index is 13.3. The summed E-state index contributed by atoms with van der Waals surface area (Å²) in [5.74, 6) is -0.0748. The Morgan fingerprint density at radius 2 is 2.07 bits per heavy atom. The highest BCUT2D eigenvalue weighted by molar-refractivity contribution is 7.10. The van der Waals surface area contributed by atoms with Gasteiger partial charge in [0.1, 0.15) is 5.58 Å². The van der Waals surface area contributed by atoms with E-state index in [0.29, 0.717) is 28.1 Å². The van der Waals surface area contributed by atoms with Crippen molar-refractivity contribution in [2.45, 2.75) is 12.5 Å². The number of fused-ring (bicyclic) bond motifs is 2. The van der Waals surface area contributed by atoms with Gasteiger partial charge in [0.05, 0.1) is 17.0 Å². The van der Waals surface area contributed by atoms with Gasteiger partial charge in [-0.15, -0.1) is 11.3 Å². The molecule has 3 heterocycles. The first kappa shape index (κ1) is 18.2. The van der Waals surface area contributed by atoms with Crippen molar-refractivity contribution in [1.82, 2.24) is 9.80 Å². The molecule has 1 atom stereocenters. The number of thiophene rings is 1. The van der Waals surface area contributed by atoms with Gasteiger partial charge in [0, 0.05) is 16.4 Å². The van der Waals surface area contributed by atoms with Crippen LogP contribution in [0.25, 0.3) is 11.0 Å². The van der Waals surface area contributed by atoms with Crippen LogP contribution in [0, 0.1) is 0 Å². The van der Waals surface area contributed by atoms with Crippen LogP contribution in [-0.2, 0) is 0 Å². The molecule has 0 fully saturated rings. The van der Waals surface area contributed by atoms with Crippen molar-refractivity contribution in [3.8, 4) is 0 Å². The molecule has 3 aromatic rings. The number of hydrogen-bond acceptors (Lipinski definition) is 5. The van der Waals surface area contributed by atoms with E-state index in [-0.39, 0.29) is 17.1 Å². The Morgan fingerprint density at radius 3 is 2.78 bits per heavy atom. The normalized spacial score (nSPS) is 16.5. The standard InChI is InChI=1S/C20H19ClN2O3S/c1-22(2)8-4-9-23-17(15-5-3-10-27-15)16-18(24)13-11-12(21)6-7-14(13)26-19(16)20(23)25/h3,5-7,10-11,17H,4,8-9H2,1-2H3/t17-/m0/s1. The fraction of sp³-hybridized carbons (Fsp3) is 0.300. The second-order valence-electron chi connectivity index (χ2n) is 6.89. The SMILES string of the molecule is CN(C)CCCN1C(=O)c2oc3ccc(Cl)cc3c(=O)c2[C@@H]1c1cccs1. The fourth-order valence-electron chi connectivity index (χ4n) is 3.52. The largest absolute Gasteiger partial charge is 0.450 e. The Hall–Kier alpha value is -2.15. The maximum Gasteiger partial charge on any atom is 0.290 e. The van der Waals surface area contributed by atoms with Crippen LogP contribution >= 0.6 is 22.9 Å². The molecule has 0 aliphatic carbocycles. The van der Waals surface area contributed by atoms with Gasteiger partial charge >= 0.3 is 0 Å². The van der Waals surface area contributed by atoms with Crippen molar-refractivity contribution in [1.29, 1.82) is 0 Å². The minimum absolute atomic E-state index is 0.151. The summed E-state index contributed by atoms with van der Waals surface area (Å²) in [7, 11) is 4.00. The molecule has 0 radical (unpaired) electrons. The van der Waals surface area contributed by atoms with E-state index in [1.54, 1.807) is 23.1 Å². The average Bonchev–Trinajstić information content (AvgIpc) is 3.24. The monoisotopic (exact) mass is 402 g/mol. The molecule has 140 valence electrons. The fourth-order valence-corrected chi connectivity index (χ4v) is 4.54. The highest BCUT2D eigenvalue weighted by Gasteiger charge is 2.42. The van der Waals surface area contributed by atoms with Gasteiger partial charge in [0.2, 0.25) is 5.76 Å². The molecular formula is C20H19ClN2O3S. The molecule has 1 amide bonds. The first-order chi connectivity index (χ1) is 13.0. The third kappa shape index (κ3) is 3.18. The molecule has 0 unspecified atom stereocenters. The lowest BCUT2D eigenvalue weighted by Gasteiger charge is -2.24. The summed E-state index contributed by atoms with van der Waals surface area (Å²) in [6.45, 7) is 1.41. The van der Waals surface area contributed by atoms with Crippen LogP contribution in [0.15, 0.2) is 44.9 Å². The minimum Gasteiger partial charge on any atom is -0.450 e. The Balaban J connectivity index is 1.86. The molecular weight excluding hydrogens is 384 g/mol. The van der Waals surface area contributed by atoms with Crippen molar-refractivity contribution in [3.05, 3.63) is 67.2 Å². The minimum atomic E-state index is -0.408. The highest BCUT2D eigenvalue weighted by Crippen LogP contribution is 2.40. The highest BCUT2D eigenvalue weighted by atomic mass is 35.5. The van der Waals surface area contributed by atoms with Crippen LogP contribution in [0.1, 0.15) is 33.5 Å². The second kappa shape index (κ2) is 7.11. The number of nitrogens with zero attached hydrogens (tertiary/aromatic N) is 2. The summed E-state index contributed by atoms with van der Waals surface area (Å²) in [5.41, 5.74) is 0.620. The van der Waals surface area contributed by atoms with Crippen molar-refractivity contribution in [2.24, 2.45) is 0 Å². The quantitative estimate of drug-likeness (QED) is 0.647. The molecule has 0 N–H and O–H groups in total. The molecule has 0 spiro atoms. The third-order valence-electron chi connectivity index (χ3n) is 4.74. The lowest BCUT2D eigenvalue weighted by atomic mass is 10.0. The predicted molar refractivity (Wildman–Crippen MR) is 108 cm³/mol. The number of carbonyl (C=O) groups is 1. The summed E-state index contributed by atoms with van der Waals surface area (Å²) in [6, 6.07) is 8.38. The Labute approximate surface area is 165 Å². The van der Waals surface area contributed by atoms with Gasteiger partial charge in [-0.3, -0.25) is 9.59 Å². The van der Waals surface area contributed by atoms with Gasteiger partial charge < -0.3 is 14.2 Å². The van der Waals surface area contributed by atoms with E-state index in [4.69, 9.17) is 16.0 Å². The number of halogens is 1. The van der Waals surface area contributed by atoms with Gasteiger partial charge in [0.15, 0.2) is 5.43 Å². The van der Waals surface area contributed by atoms with Crippen molar-refractivity contribution in [3.63, 3.8) is 0 Å². The zero-order valence-electron chi connectivity index (χ0n) is 15.1. The molecule has 7 heteroatoms. The number of rotatable bonds is 5. The maximum absolute atomic E-state index is 13.3. The number of carbonyl (C=O) groups excluding carboxylic acids is 1. The lowest BCUT2D eigenvalue weighted by molar-refractivity contribution is 0.0724. The number of amides is 1. The van der Waals surface area contributed by atoms with Crippen molar-refractivity contribution in [2.75, 3.05) is 27.2 Å². The van der Waals surface area contributed by atoms with E-state index in [1.807, 2.05) is 31.6 Å². The molecule has 0 saturated heterocycles. The van der Waals surface area contributed by atoms with Gasteiger partial charge in [-0.05, 0) is 56.7 Å². The van der Waals surface area contributed by atoms with Gasteiger partial charge in [-0.25, -0.2) is 0 Å². The lowest BCUT2D eigenvalue weighted by Crippen LogP contribution is -2.31. The molecule has 1 aromatic carbocycles. The molecule has 1 aliphatic heterocycles. The molecule has 0 bridgehead atoms. The van der Waals surface area contributed by atoms with Crippen LogP contribution < -0.4 is 5.43 Å². The first-order valence-corrected chi connectivity index (χ1v) is 9.98. The average molecular weight is 403 g/mol. The van der Waals surface area contributed by atoms with Gasteiger partial charge in [0.25, 0.3) is 5.91 Å². The van der Waals surface area contributed by atoms with Crippen LogP contribution in [0.5, 0.6) is 0 Å². The summed E-state index contributed by atoms with van der Waals surface area (Å²) < 4.78 is 5.88. The van der Waals surface area contributed by atoms with Crippen LogP contribution in [0.4, 0.5) is 0 Å². The molecule has 0 saturated carbocycles. The molecule has 27 heavy (non-hydrogen) atoms. The smallest absolute Gasteiger partial charge is 0.290 e. The Kier molecular flexibility index (Phi) is 4.80. The van der Waals surface area contributed by atoms with Crippen LogP contribution in [-0.4, -0.2) is 42.9 Å². The van der Waals surface area contributed by atoms with E-state index >= 15 is 0 Å². The van der Waals surface area contributed by atoms with E-state index in [2.05, 4.69) is 4.90 Å². The van der Waals surface area contributed by atoms with Gasteiger partial charge in [-0.2, -0.15) is 0 Å². The number of benzene rings is 1. The summed E-state index contributed by atoms with van der Waals surface area (Å²) in [5, 5.41) is 2.83. The number of hydrogen-bond donors (Lipinski definition) is 0. The van der Waals surface area contributed by atoms with E-state index < -0.39 is 6.04 Å². The second-order valence-corrected chi connectivity index (χ2v) is 8.30. The van der Waals surface area contributed by atoms with E-state index in [9.17, 15) is 9.59 Å². The van der Waals surface area contributed by atoms with Crippen LogP contribution in [0.2, 0.25) is 5.02 Å². The molecule has 5 nitrogen and oxygen atoms in total. The van der Waals surface area contributed by atoms with Crippen LogP contribution in [0.3, 0.4) is 0 Å². The van der Waals surface area contributed by atoms with E-state index in [0.717, 1.165) is 17.8 Å². The topological polar surface area (TPSA) is 53.8 Å². The van der Waals surface area contributed by atoms with Crippen molar-refractivity contribution >= 4 is 39.8 Å². The molecule has 1 aliphatic rings. The summed E-state index contributed by atoms with van der Waals surface area (Å²) >= 11 is 7.61. The van der Waals surface area contributed by atoms with Gasteiger partial charge in [-0.1, -0.05) is 17.7 Å². The van der Waals surface area contributed by atoms with E-state index in [1.165, 1.54) is 11.3 Å². The zero-order valence-corrected chi connectivity index (χ0v) is 16.6. The first-order valence-electron chi connectivity index (χ1n) is 8.72. The Morgan fingerprint density at radius 1 is 1.26 bits per heavy atom. The third-order valence-corrected chi connectivity index (χ3v) is 5.90. The Bertz CT molecular complexity index is 1060. The molecule has 2 aromatic heterocycles. The zero-order chi connectivity index (χ0) is 19.1. The summed E-state index contributed by atoms with van der Waals surface area (Å²) in [6.07, 6.45) is 0.814. The molecule has 4 rings (SSSR count).